The Morgan fingerprint density at radius 2 is 2.07 bits per heavy atom. The van der Waals surface area contributed by atoms with Gasteiger partial charge in [-0.05, 0) is 36.6 Å². The van der Waals surface area contributed by atoms with Crippen LogP contribution in [0.1, 0.15) is 17.3 Å². The van der Waals surface area contributed by atoms with E-state index < -0.39 is 5.82 Å². The van der Waals surface area contributed by atoms with Crippen LogP contribution in [-0.2, 0) is 9.53 Å². The maximum Gasteiger partial charge on any atom is 0.247 e. The van der Waals surface area contributed by atoms with E-state index in [9.17, 15) is 14.0 Å². The van der Waals surface area contributed by atoms with Crippen molar-refractivity contribution in [2.45, 2.75) is 17.9 Å². The van der Waals surface area contributed by atoms with Crippen molar-refractivity contribution >= 4 is 23.5 Å². The standard InChI is InChI=1S/C22H22FNO4S/c1-16(25)20-8-7-17(13-21(20)23)28-15-18-14-24(10-11-27-18)22(26)9-12-29-19-5-3-2-4-6-19/h2-9,12-13,18H,10-11,14-15H2,1H3. The summed E-state index contributed by atoms with van der Waals surface area (Å²) >= 11 is 1.48. The van der Waals surface area contributed by atoms with E-state index in [4.69, 9.17) is 9.47 Å². The van der Waals surface area contributed by atoms with Crippen LogP contribution in [0.4, 0.5) is 4.39 Å². The van der Waals surface area contributed by atoms with Crippen LogP contribution in [-0.4, -0.2) is 49.0 Å². The smallest absolute Gasteiger partial charge is 0.247 e. The average molecular weight is 415 g/mol. The van der Waals surface area contributed by atoms with Gasteiger partial charge in [-0.3, -0.25) is 9.59 Å². The summed E-state index contributed by atoms with van der Waals surface area (Å²) in [7, 11) is 0. The molecule has 152 valence electrons. The predicted molar refractivity (Wildman–Crippen MR) is 110 cm³/mol. The van der Waals surface area contributed by atoms with E-state index in [2.05, 4.69) is 0 Å². The molecule has 5 nitrogen and oxygen atoms in total. The number of ketones is 1. The molecule has 1 atom stereocenters. The minimum absolute atomic E-state index is 0.0307. The zero-order valence-electron chi connectivity index (χ0n) is 16.0. The summed E-state index contributed by atoms with van der Waals surface area (Å²) in [5.41, 5.74) is 0.0307. The van der Waals surface area contributed by atoms with Gasteiger partial charge in [0.1, 0.15) is 24.3 Å². The van der Waals surface area contributed by atoms with Crippen LogP contribution < -0.4 is 4.74 Å². The van der Waals surface area contributed by atoms with Crippen molar-refractivity contribution in [3.63, 3.8) is 0 Å². The van der Waals surface area contributed by atoms with Gasteiger partial charge in [0, 0.05) is 23.6 Å². The van der Waals surface area contributed by atoms with Gasteiger partial charge in [0.2, 0.25) is 5.91 Å². The first-order valence-corrected chi connectivity index (χ1v) is 10.1. The maximum atomic E-state index is 13.9. The first kappa shape index (κ1) is 21.1. The Labute approximate surface area is 173 Å². The van der Waals surface area contributed by atoms with Crippen LogP contribution in [0.25, 0.3) is 0 Å². The van der Waals surface area contributed by atoms with Gasteiger partial charge in [0.15, 0.2) is 5.78 Å². The largest absolute Gasteiger partial charge is 0.491 e. The number of morpholine rings is 1. The van der Waals surface area contributed by atoms with Crippen molar-refractivity contribution in [2.75, 3.05) is 26.3 Å². The lowest BCUT2D eigenvalue weighted by Crippen LogP contribution is -2.47. The molecular formula is C22H22FNO4S. The Morgan fingerprint density at radius 3 is 2.79 bits per heavy atom. The Bertz CT molecular complexity index is 888. The van der Waals surface area contributed by atoms with Crippen LogP contribution in [0.5, 0.6) is 5.75 Å². The number of benzene rings is 2. The molecule has 1 heterocycles. The van der Waals surface area contributed by atoms with Crippen LogP contribution in [0.3, 0.4) is 0 Å². The van der Waals surface area contributed by atoms with Crippen LogP contribution in [0.15, 0.2) is 64.9 Å². The van der Waals surface area contributed by atoms with E-state index >= 15 is 0 Å². The van der Waals surface area contributed by atoms with E-state index in [1.165, 1.54) is 30.8 Å². The SMILES string of the molecule is CC(=O)c1ccc(OCC2CN(C(=O)C=CSc3ccccc3)CCO2)cc1F. The lowest BCUT2D eigenvalue weighted by atomic mass is 10.1. The molecular weight excluding hydrogens is 393 g/mol. The van der Waals surface area contributed by atoms with Crippen molar-refractivity contribution in [3.05, 3.63) is 71.4 Å². The van der Waals surface area contributed by atoms with Gasteiger partial charge in [-0.1, -0.05) is 30.0 Å². The van der Waals surface area contributed by atoms with Gasteiger partial charge < -0.3 is 14.4 Å². The fourth-order valence-corrected chi connectivity index (χ4v) is 3.51. The molecule has 1 fully saturated rings. The van der Waals surface area contributed by atoms with E-state index in [0.717, 1.165) is 4.90 Å². The van der Waals surface area contributed by atoms with E-state index in [1.807, 2.05) is 30.3 Å². The highest BCUT2D eigenvalue weighted by molar-refractivity contribution is 8.02. The molecule has 0 aromatic heterocycles. The second kappa shape index (κ2) is 10.2. The summed E-state index contributed by atoms with van der Waals surface area (Å²) in [4.78, 5) is 26.5. The Balaban J connectivity index is 1.49. The first-order valence-electron chi connectivity index (χ1n) is 9.25. The van der Waals surface area contributed by atoms with Crippen LogP contribution >= 0.6 is 11.8 Å². The Kier molecular flexibility index (Phi) is 7.43. The normalized spacial score (nSPS) is 16.8. The zero-order chi connectivity index (χ0) is 20.6. The number of amides is 1. The fraction of sp³-hybridized carbons (Fsp3) is 0.273. The topological polar surface area (TPSA) is 55.8 Å². The number of hydrogen-bond acceptors (Lipinski definition) is 5. The molecule has 2 aromatic rings. The number of rotatable bonds is 7. The predicted octanol–water partition coefficient (Wildman–Crippen LogP) is 3.94. The van der Waals surface area contributed by atoms with Crippen molar-refractivity contribution in [3.8, 4) is 5.75 Å². The highest BCUT2D eigenvalue weighted by Crippen LogP contribution is 2.19. The summed E-state index contributed by atoms with van der Waals surface area (Å²) < 4.78 is 25.1. The number of ether oxygens (including phenoxy) is 2. The third-order valence-corrected chi connectivity index (χ3v) is 5.18. The summed E-state index contributed by atoms with van der Waals surface area (Å²) in [6.45, 7) is 2.82. The summed E-state index contributed by atoms with van der Waals surface area (Å²) in [6, 6.07) is 13.9. The minimum atomic E-state index is -0.613. The highest BCUT2D eigenvalue weighted by Gasteiger charge is 2.23. The molecule has 1 saturated heterocycles. The van der Waals surface area contributed by atoms with Gasteiger partial charge >= 0.3 is 0 Å². The van der Waals surface area contributed by atoms with Crippen molar-refractivity contribution in [1.82, 2.24) is 4.90 Å². The summed E-state index contributed by atoms with van der Waals surface area (Å²) in [6.07, 6.45) is 1.25. The van der Waals surface area contributed by atoms with E-state index in [1.54, 1.807) is 22.5 Å². The zero-order valence-corrected chi connectivity index (χ0v) is 16.9. The lowest BCUT2D eigenvalue weighted by molar-refractivity contribution is -0.134. The molecule has 3 rings (SSSR count). The van der Waals surface area contributed by atoms with Gasteiger partial charge in [-0.25, -0.2) is 4.39 Å². The number of carbonyl (C=O) groups is 2. The number of thioether (sulfide) groups is 1. The maximum absolute atomic E-state index is 13.9. The molecule has 0 aliphatic carbocycles. The Morgan fingerprint density at radius 1 is 1.28 bits per heavy atom. The second-order valence-corrected chi connectivity index (χ2v) is 7.50. The first-order chi connectivity index (χ1) is 14.0. The second-order valence-electron chi connectivity index (χ2n) is 6.52. The van der Waals surface area contributed by atoms with Gasteiger partial charge in [-0.2, -0.15) is 0 Å². The molecule has 1 aliphatic rings. The molecule has 0 N–H and O–H groups in total. The van der Waals surface area contributed by atoms with E-state index in [-0.39, 0.29) is 30.0 Å². The lowest BCUT2D eigenvalue weighted by Gasteiger charge is -2.32. The molecule has 7 heteroatoms. The molecule has 2 aromatic carbocycles. The molecule has 1 amide bonds. The van der Waals surface area contributed by atoms with Crippen molar-refractivity contribution < 1.29 is 23.5 Å². The van der Waals surface area contributed by atoms with Gasteiger partial charge in [0.05, 0.1) is 18.7 Å². The molecule has 0 spiro atoms. The minimum Gasteiger partial charge on any atom is -0.491 e. The van der Waals surface area contributed by atoms with Crippen molar-refractivity contribution in [1.29, 1.82) is 0 Å². The molecule has 29 heavy (non-hydrogen) atoms. The van der Waals surface area contributed by atoms with Crippen molar-refractivity contribution in [2.24, 2.45) is 0 Å². The third-order valence-electron chi connectivity index (χ3n) is 4.36. The summed E-state index contributed by atoms with van der Waals surface area (Å²) in [5, 5.41) is 1.78. The number of nitrogens with zero attached hydrogens (tertiary/aromatic N) is 1. The number of carbonyl (C=O) groups excluding carboxylic acids is 2. The fourth-order valence-electron chi connectivity index (χ4n) is 2.86. The molecule has 1 unspecified atom stereocenters. The average Bonchev–Trinajstić information content (AvgIpc) is 2.73. The monoisotopic (exact) mass is 415 g/mol. The van der Waals surface area contributed by atoms with E-state index in [0.29, 0.717) is 25.4 Å². The van der Waals surface area contributed by atoms with Crippen LogP contribution in [0, 0.1) is 5.82 Å². The Hall–Kier alpha value is -2.64. The number of halogens is 1. The van der Waals surface area contributed by atoms with Gasteiger partial charge in [-0.15, -0.1) is 0 Å². The van der Waals surface area contributed by atoms with Gasteiger partial charge in [0.25, 0.3) is 0 Å². The van der Waals surface area contributed by atoms with Crippen LogP contribution in [0.2, 0.25) is 0 Å². The summed E-state index contributed by atoms with van der Waals surface area (Å²) in [5.74, 6) is -0.716. The molecule has 0 radical (unpaired) electrons. The number of hydrogen-bond donors (Lipinski definition) is 0. The highest BCUT2D eigenvalue weighted by atomic mass is 32.2. The molecule has 1 aliphatic heterocycles. The number of Topliss-reactive ketones (excluding diaryl/α,β-unsaturated/α-hetero) is 1. The quantitative estimate of drug-likeness (QED) is 0.390. The molecule has 0 bridgehead atoms. The third kappa shape index (κ3) is 6.17. The molecule has 0 saturated carbocycles.